The maximum atomic E-state index is 11.3. The molecule has 23 heavy (non-hydrogen) atoms. The number of benzene rings is 1. The lowest BCUT2D eigenvalue weighted by atomic mass is 10.2. The first-order valence-corrected chi connectivity index (χ1v) is 7.72. The minimum Gasteiger partial charge on any atom is -0.483 e. The number of nitrogens with zero attached hydrogens (tertiary/aromatic N) is 2. The van der Waals surface area contributed by atoms with Crippen molar-refractivity contribution in [3.8, 4) is 5.75 Å². The zero-order valence-electron chi connectivity index (χ0n) is 13.9. The summed E-state index contributed by atoms with van der Waals surface area (Å²) < 4.78 is 7.51. The Hall–Kier alpha value is -2.34. The SMILES string of the molecule is CNC(=O)COc1ccccc1CN[C@@H](C)Cn1cc(C)cn1. The molecule has 1 heterocycles. The number of carbonyl (C=O) groups excluding carboxylic acids is 1. The van der Waals surface area contributed by atoms with Gasteiger partial charge in [-0.2, -0.15) is 5.10 Å². The first-order chi connectivity index (χ1) is 11.1. The molecule has 0 aliphatic carbocycles. The van der Waals surface area contributed by atoms with E-state index in [0.717, 1.165) is 23.4 Å². The summed E-state index contributed by atoms with van der Waals surface area (Å²) in [5, 5.41) is 10.3. The lowest BCUT2D eigenvalue weighted by Crippen LogP contribution is -2.30. The highest BCUT2D eigenvalue weighted by atomic mass is 16.5. The smallest absolute Gasteiger partial charge is 0.257 e. The minimum absolute atomic E-state index is 0.0234. The zero-order valence-corrected chi connectivity index (χ0v) is 13.9. The van der Waals surface area contributed by atoms with Crippen LogP contribution >= 0.6 is 0 Å². The van der Waals surface area contributed by atoms with Gasteiger partial charge in [0, 0.05) is 31.4 Å². The number of nitrogens with one attached hydrogen (secondary N) is 2. The fourth-order valence-corrected chi connectivity index (χ4v) is 2.20. The average Bonchev–Trinajstić information content (AvgIpc) is 2.96. The topological polar surface area (TPSA) is 68.2 Å². The van der Waals surface area contributed by atoms with Crippen molar-refractivity contribution in [1.82, 2.24) is 20.4 Å². The van der Waals surface area contributed by atoms with Crippen LogP contribution in [0.25, 0.3) is 0 Å². The molecule has 1 atom stereocenters. The lowest BCUT2D eigenvalue weighted by Gasteiger charge is -2.16. The molecule has 6 heteroatoms. The van der Waals surface area contributed by atoms with Crippen LogP contribution in [-0.2, 0) is 17.9 Å². The van der Waals surface area contributed by atoms with E-state index in [1.807, 2.05) is 48.3 Å². The number of para-hydroxylation sites is 1. The number of hydrogen-bond acceptors (Lipinski definition) is 4. The van der Waals surface area contributed by atoms with E-state index in [2.05, 4.69) is 22.7 Å². The van der Waals surface area contributed by atoms with Gasteiger partial charge in [-0.3, -0.25) is 9.48 Å². The molecule has 0 unspecified atom stereocenters. The maximum Gasteiger partial charge on any atom is 0.257 e. The quantitative estimate of drug-likeness (QED) is 0.774. The maximum absolute atomic E-state index is 11.3. The molecular weight excluding hydrogens is 292 g/mol. The third-order valence-corrected chi connectivity index (χ3v) is 3.47. The molecule has 2 rings (SSSR count). The number of ether oxygens (including phenoxy) is 1. The highest BCUT2D eigenvalue weighted by Crippen LogP contribution is 2.17. The molecule has 0 radical (unpaired) electrons. The number of likely N-dealkylation sites (N-methyl/N-ethyl adjacent to an activating group) is 1. The number of hydrogen-bond donors (Lipinski definition) is 2. The Morgan fingerprint density at radius 2 is 2.17 bits per heavy atom. The van der Waals surface area contributed by atoms with Gasteiger partial charge in [-0.05, 0) is 25.5 Å². The van der Waals surface area contributed by atoms with Gasteiger partial charge in [-0.25, -0.2) is 0 Å². The van der Waals surface area contributed by atoms with Crippen molar-refractivity contribution in [2.24, 2.45) is 0 Å². The van der Waals surface area contributed by atoms with Crippen molar-refractivity contribution in [1.29, 1.82) is 0 Å². The van der Waals surface area contributed by atoms with Gasteiger partial charge in [0.15, 0.2) is 6.61 Å². The molecule has 2 aromatic rings. The molecule has 0 spiro atoms. The Morgan fingerprint density at radius 1 is 1.39 bits per heavy atom. The molecule has 6 nitrogen and oxygen atoms in total. The lowest BCUT2D eigenvalue weighted by molar-refractivity contribution is -0.122. The molecule has 0 saturated carbocycles. The van der Waals surface area contributed by atoms with Gasteiger partial charge >= 0.3 is 0 Å². The summed E-state index contributed by atoms with van der Waals surface area (Å²) in [6.07, 6.45) is 3.88. The first-order valence-electron chi connectivity index (χ1n) is 7.72. The normalized spacial score (nSPS) is 12.0. The van der Waals surface area contributed by atoms with Crippen molar-refractivity contribution in [2.45, 2.75) is 33.0 Å². The van der Waals surface area contributed by atoms with Crippen molar-refractivity contribution in [2.75, 3.05) is 13.7 Å². The largest absolute Gasteiger partial charge is 0.483 e. The van der Waals surface area contributed by atoms with Crippen molar-refractivity contribution in [3.05, 3.63) is 47.8 Å². The molecule has 0 saturated heterocycles. The van der Waals surface area contributed by atoms with E-state index < -0.39 is 0 Å². The van der Waals surface area contributed by atoms with E-state index in [-0.39, 0.29) is 18.6 Å². The monoisotopic (exact) mass is 316 g/mol. The van der Waals surface area contributed by atoms with Crippen LogP contribution in [0.3, 0.4) is 0 Å². The van der Waals surface area contributed by atoms with E-state index >= 15 is 0 Å². The molecule has 2 N–H and O–H groups in total. The van der Waals surface area contributed by atoms with Gasteiger partial charge < -0.3 is 15.4 Å². The van der Waals surface area contributed by atoms with Gasteiger partial charge in [-0.1, -0.05) is 18.2 Å². The van der Waals surface area contributed by atoms with Crippen molar-refractivity contribution >= 4 is 5.91 Å². The average molecular weight is 316 g/mol. The fourth-order valence-electron chi connectivity index (χ4n) is 2.20. The van der Waals surface area contributed by atoms with Crippen molar-refractivity contribution < 1.29 is 9.53 Å². The molecule has 0 bridgehead atoms. The predicted molar refractivity (Wildman–Crippen MR) is 89.3 cm³/mol. The number of aromatic nitrogens is 2. The Kier molecular flexibility index (Phi) is 6.17. The van der Waals surface area contributed by atoms with Gasteiger partial charge in [-0.15, -0.1) is 0 Å². The number of aryl methyl sites for hydroxylation is 1. The van der Waals surface area contributed by atoms with Crippen molar-refractivity contribution in [3.63, 3.8) is 0 Å². The summed E-state index contributed by atoms with van der Waals surface area (Å²) in [6.45, 7) is 5.64. The molecule has 124 valence electrons. The second-order valence-corrected chi connectivity index (χ2v) is 5.59. The highest BCUT2D eigenvalue weighted by Gasteiger charge is 2.08. The Bertz CT molecular complexity index is 639. The van der Waals surface area contributed by atoms with Crippen LogP contribution in [0.2, 0.25) is 0 Å². The molecule has 1 aromatic heterocycles. The van der Waals surface area contributed by atoms with Gasteiger partial charge in [0.1, 0.15) is 5.75 Å². The number of rotatable bonds is 8. The van der Waals surface area contributed by atoms with Crippen LogP contribution in [0.4, 0.5) is 0 Å². The molecule has 0 aliphatic heterocycles. The number of amides is 1. The first kappa shape index (κ1) is 17.0. The van der Waals surface area contributed by atoms with E-state index in [1.165, 1.54) is 0 Å². The standard InChI is InChI=1S/C17H24N4O2/c1-13-8-20-21(10-13)11-14(2)19-9-15-6-4-5-7-16(15)23-12-17(22)18-3/h4-8,10,14,19H,9,11-12H2,1-3H3,(H,18,22)/t14-/m0/s1. The molecule has 1 amide bonds. The molecule has 1 aromatic carbocycles. The van der Waals surface area contributed by atoms with Gasteiger partial charge in [0.25, 0.3) is 5.91 Å². The van der Waals surface area contributed by atoms with Crippen LogP contribution in [0.5, 0.6) is 5.75 Å². The second-order valence-electron chi connectivity index (χ2n) is 5.59. The molecule has 0 aliphatic rings. The van der Waals surface area contributed by atoms with E-state index in [4.69, 9.17) is 4.74 Å². The summed E-state index contributed by atoms with van der Waals surface area (Å²) in [5.74, 6) is 0.584. The van der Waals surface area contributed by atoms with E-state index in [9.17, 15) is 4.79 Å². The fraction of sp³-hybridized carbons (Fsp3) is 0.412. The second kappa shape index (κ2) is 8.33. The third-order valence-electron chi connectivity index (χ3n) is 3.47. The van der Waals surface area contributed by atoms with Crippen LogP contribution in [-0.4, -0.2) is 35.4 Å². The van der Waals surface area contributed by atoms with Crippen LogP contribution in [0, 0.1) is 6.92 Å². The van der Waals surface area contributed by atoms with Crippen LogP contribution in [0.1, 0.15) is 18.1 Å². The molecule has 0 fully saturated rings. The van der Waals surface area contributed by atoms with Gasteiger partial charge in [0.05, 0.1) is 12.7 Å². The Labute approximate surface area is 136 Å². The Morgan fingerprint density at radius 3 is 2.87 bits per heavy atom. The minimum atomic E-state index is -0.143. The summed E-state index contributed by atoms with van der Waals surface area (Å²) in [7, 11) is 1.60. The highest BCUT2D eigenvalue weighted by molar-refractivity contribution is 5.77. The van der Waals surface area contributed by atoms with Crippen LogP contribution in [0.15, 0.2) is 36.7 Å². The van der Waals surface area contributed by atoms with Crippen LogP contribution < -0.4 is 15.4 Å². The number of carbonyl (C=O) groups is 1. The summed E-state index contributed by atoms with van der Waals surface area (Å²) in [5.41, 5.74) is 2.19. The summed E-state index contributed by atoms with van der Waals surface area (Å²) in [4.78, 5) is 11.3. The Balaban J connectivity index is 1.88. The van der Waals surface area contributed by atoms with E-state index in [0.29, 0.717) is 6.54 Å². The summed E-state index contributed by atoms with van der Waals surface area (Å²) >= 11 is 0. The zero-order chi connectivity index (χ0) is 16.7. The van der Waals surface area contributed by atoms with Gasteiger partial charge in [0.2, 0.25) is 0 Å². The predicted octanol–water partition coefficient (Wildman–Crippen LogP) is 1.49. The summed E-state index contributed by atoms with van der Waals surface area (Å²) in [6, 6.07) is 8.00. The van der Waals surface area contributed by atoms with E-state index in [1.54, 1.807) is 7.05 Å². The third kappa shape index (κ3) is 5.41. The molecular formula is C17H24N4O2.